The normalized spacial score (nSPS) is 11.8. The summed E-state index contributed by atoms with van der Waals surface area (Å²) in [7, 11) is 2.00. The van der Waals surface area contributed by atoms with Gasteiger partial charge in [-0.15, -0.1) is 10.2 Å². The number of unbranched alkanes of at least 4 members (excludes halogenated alkanes) is 2. The van der Waals surface area contributed by atoms with Crippen molar-refractivity contribution in [3.63, 3.8) is 0 Å². The molecule has 0 aliphatic rings. The topological polar surface area (TPSA) is 70.0 Å². The number of thioether (sulfide) groups is 1. The number of fused-ring (bicyclic) bond motifs is 4. The molecule has 5 rings (SSSR count). The molecular formula is C23H23ClN6OS. The number of rotatable bonds is 7. The van der Waals surface area contributed by atoms with Crippen LogP contribution in [-0.2, 0) is 19.3 Å². The molecule has 3 aromatic heterocycles. The standard InChI is InChI=1S/C23H23ClN6OS/c1-3-4-7-12-29-21(31)16-8-5-6-9-18(16)30-22(29)26-27-23(30)32-14-20-25-17-13-15(24)10-11-19(17)28(20)2/h5-6,8-11,13H,3-4,7,12,14H2,1-2H3. The smallest absolute Gasteiger partial charge is 0.262 e. The van der Waals surface area contributed by atoms with E-state index >= 15 is 0 Å². The zero-order chi connectivity index (χ0) is 22.2. The van der Waals surface area contributed by atoms with Gasteiger partial charge in [-0.1, -0.05) is 55.3 Å². The van der Waals surface area contributed by atoms with Crippen molar-refractivity contribution in [2.45, 2.75) is 43.6 Å². The largest absolute Gasteiger partial charge is 0.330 e. The molecule has 9 heteroatoms. The number of benzene rings is 2. The van der Waals surface area contributed by atoms with E-state index in [1.54, 1.807) is 16.3 Å². The Morgan fingerprint density at radius 1 is 1.06 bits per heavy atom. The van der Waals surface area contributed by atoms with Gasteiger partial charge in [0, 0.05) is 18.6 Å². The van der Waals surface area contributed by atoms with Crippen molar-refractivity contribution in [1.29, 1.82) is 0 Å². The average molecular weight is 467 g/mol. The van der Waals surface area contributed by atoms with E-state index in [0.29, 0.717) is 28.5 Å². The molecule has 0 atom stereocenters. The predicted molar refractivity (Wildman–Crippen MR) is 130 cm³/mol. The lowest BCUT2D eigenvalue weighted by molar-refractivity contribution is 0.594. The van der Waals surface area contributed by atoms with E-state index in [4.69, 9.17) is 16.6 Å². The quantitative estimate of drug-likeness (QED) is 0.247. The van der Waals surface area contributed by atoms with Crippen LogP contribution in [0, 0.1) is 0 Å². The van der Waals surface area contributed by atoms with Gasteiger partial charge in [0.25, 0.3) is 5.56 Å². The van der Waals surface area contributed by atoms with Gasteiger partial charge in [0.15, 0.2) is 5.16 Å². The minimum Gasteiger partial charge on any atom is -0.330 e. The maximum atomic E-state index is 13.1. The Morgan fingerprint density at radius 3 is 2.75 bits per heavy atom. The van der Waals surface area contributed by atoms with E-state index in [1.807, 2.05) is 53.9 Å². The van der Waals surface area contributed by atoms with Gasteiger partial charge < -0.3 is 4.57 Å². The summed E-state index contributed by atoms with van der Waals surface area (Å²) in [4.78, 5) is 17.9. The number of aryl methyl sites for hydroxylation is 2. The van der Waals surface area contributed by atoms with Crippen molar-refractivity contribution in [2.75, 3.05) is 0 Å². The first-order valence-corrected chi connectivity index (χ1v) is 12.0. The molecule has 0 N–H and O–H groups in total. The summed E-state index contributed by atoms with van der Waals surface area (Å²) < 4.78 is 5.82. The van der Waals surface area contributed by atoms with E-state index in [2.05, 4.69) is 21.7 Å². The first-order valence-electron chi connectivity index (χ1n) is 10.7. The van der Waals surface area contributed by atoms with E-state index in [-0.39, 0.29) is 5.56 Å². The molecule has 2 aromatic carbocycles. The average Bonchev–Trinajstić information content (AvgIpc) is 3.35. The van der Waals surface area contributed by atoms with Crippen LogP contribution in [0.3, 0.4) is 0 Å². The molecule has 0 amide bonds. The van der Waals surface area contributed by atoms with Gasteiger partial charge >= 0.3 is 0 Å². The molecule has 0 aliphatic heterocycles. The Balaban J connectivity index is 1.56. The van der Waals surface area contributed by atoms with E-state index in [0.717, 1.165) is 46.8 Å². The fourth-order valence-electron chi connectivity index (χ4n) is 4.03. The second kappa shape index (κ2) is 8.60. The molecule has 0 bridgehead atoms. The molecule has 0 saturated heterocycles. The second-order valence-corrected chi connectivity index (χ2v) is 9.19. The Hall–Kier alpha value is -2.84. The highest BCUT2D eigenvalue weighted by Crippen LogP contribution is 2.27. The van der Waals surface area contributed by atoms with Gasteiger partial charge in [0.1, 0.15) is 5.82 Å². The minimum atomic E-state index is -0.0135. The summed E-state index contributed by atoms with van der Waals surface area (Å²) >= 11 is 7.69. The van der Waals surface area contributed by atoms with Gasteiger partial charge in [-0.2, -0.15) is 0 Å². The van der Waals surface area contributed by atoms with Crippen LogP contribution >= 0.6 is 23.4 Å². The predicted octanol–water partition coefficient (Wildman–Crippen LogP) is 5.07. The van der Waals surface area contributed by atoms with Gasteiger partial charge in [-0.05, 0) is 36.8 Å². The van der Waals surface area contributed by atoms with Gasteiger partial charge in [-0.25, -0.2) is 4.98 Å². The Bertz CT molecular complexity index is 1500. The van der Waals surface area contributed by atoms with Crippen molar-refractivity contribution in [3.8, 4) is 0 Å². The van der Waals surface area contributed by atoms with E-state index < -0.39 is 0 Å². The molecule has 0 fully saturated rings. The number of nitrogens with zero attached hydrogens (tertiary/aromatic N) is 6. The molecule has 0 spiro atoms. The lowest BCUT2D eigenvalue weighted by Crippen LogP contribution is -2.23. The summed E-state index contributed by atoms with van der Waals surface area (Å²) in [6.07, 6.45) is 3.09. The van der Waals surface area contributed by atoms with Crippen molar-refractivity contribution in [2.24, 2.45) is 7.05 Å². The Labute approximate surface area is 194 Å². The highest BCUT2D eigenvalue weighted by atomic mass is 35.5. The van der Waals surface area contributed by atoms with Crippen LogP contribution in [0.25, 0.3) is 27.7 Å². The summed E-state index contributed by atoms with van der Waals surface area (Å²) in [5, 5.41) is 10.9. The number of imidazole rings is 1. The third kappa shape index (κ3) is 3.57. The first kappa shape index (κ1) is 21.0. The third-order valence-corrected chi connectivity index (χ3v) is 6.89. The molecule has 5 aromatic rings. The van der Waals surface area contributed by atoms with E-state index in [9.17, 15) is 4.79 Å². The number of aromatic nitrogens is 6. The molecule has 0 saturated carbocycles. The van der Waals surface area contributed by atoms with Crippen LogP contribution in [0.5, 0.6) is 0 Å². The summed E-state index contributed by atoms with van der Waals surface area (Å²) in [5.41, 5.74) is 2.71. The van der Waals surface area contributed by atoms with Crippen LogP contribution in [0.4, 0.5) is 0 Å². The van der Waals surface area contributed by atoms with Crippen molar-refractivity contribution < 1.29 is 0 Å². The molecule has 0 aliphatic carbocycles. The Kier molecular flexibility index (Phi) is 5.65. The highest BCUT2D eigenvalue weighted by Gasteiger charge is 2.17. The monoisotopic (exact) mass is 466 g/mol. The van der Waals surface area contributed by atoms with E-state index in [1.165, 1.54) is 0 Å². The zero-order valence-corrected chi connectivity index (χ0v) is 19.5. The molecular weight excluding hydrogens is 444 g/mol. The third-order valence-electron chi connectivity index (χ3n) is 5.73. The maximum Gasteiger partial charge on any atom is 0.262 e. The first-order chi connectivity index (χ1) is 15.6. The van der Waals surface area contributed by atoms with Crippen molar-refractivity contribution in [1.82, 2.24) is 28.7 Å². The van der Waals surface area contributed by atoms with Crippen LogP contribution < -0.4 is 5.56 Å². The maximum absolute atomic E-state index is 13.1. The fraction of sp³-hybridized carbons (Fsp3) is 0.304. The minimum absolute atomic E-state index is 0.0135. The van der Waals surface area contributed by atoms with Crippen molar-refractivity contribution in [3.05, 3.63) is 63.7 Å². The lowest BCUT2D eigenvalue weighted by atomic mass is 10.2. The highest BCUT2D eigenvalue weighted by molar-refractivity contribution is 7.98. The zero-order valence-electron chi connectivity index (χ0n) is 18.0. The number of hydrogen-bond acceptors (Lipinski definition) is 5. The Morgan fingerprint density at radius 2 is 1.91 bits per heavy atom. The molecule has 164 valence electrons. The molecule has 3 heterocycles. The summed E-state index contributed by atoms with van der Waals surface area (Å²) in [6.45, 7) is 2.79. The van der Waals surface area contributed by atoms with Crippen LogP contribution in [0.2, 0.25) is 5.02 Å². The lowest BCUT2D eigenvalue weighted by Gasteiger charge is -2.11. The molecule has 0 radical (unpaired) electrons. The van der Waals surface area contributed by atoms with Crippen molar-refractivity contribution >= 4 is 51.1 Å². The summed E-state index contributed by atoms with van der Waals surface area (Å²) in [6, 6.07) is 13.4. The van der Waals surface area contributed by atoms with Crippen LogP contribution in [0.1, 0.15) is 32.0 Å². The number of para-hydroxylation sites is 1. The van der Waals surface area contributed by atoms with Gasteiger partial charge in [0.2, 0.25) is 5.78 Å². The molecule has 7 nitrogen and oxygen atoms in total. The van der Waals surface area contributed by atoms with Crippen LogP contribution in [0.15, 0.2) is 52.4 Å². The molecule has 32 heavy (non-hydrogen) atoms. The summed E-state index contributed by atoms with van der Waals surface area (Å²) in [5.74, 6) is 2.13. The second-order valence-electron chi connectivity index (χ2n) is 7.81. The van der Waals surface area contributed by atoms with Gasteiger partial charge in [-0.3, -0.25) is 13.8 Å². The number of hydrogen-bond donors (Lipinski definition) is 0. The fourth-order valence-corrected chi connectivity index (χ4v) is 5.12. The SMILES string of the molecule is CCCCCn1c(=O)c2ccccc2n2c(SCc3nc4cc(Cl)ccc4n3C)nnc12. The van der Waals surface area contributed by atoms with Crippen LogP contribution in [-0.4, -0.2) is 28.7 Å². The number of halogens is 1. The van der Waals surface area contributed by atoms with Gasteiger partial charge in [0.05, 0.1) is 27.7 Å². The molecule has 0 unspecified atom stereocenters.